The van der Waals surface area contributed by atoms with Crippen molar-refractivity contribution < 1.29 is 22.7 Å². The van der Waals surface area contributed by atoms with Gasteiger partial charge in [-0.15, -0.1) is 5.10 Å². The average Bonchev–Trinajstić information content (AvgIpc) is 2.70. The Kier molecular flexibility index (Phi) is 4.90. The van der Waals surface area contributed by atoms with E-state index in [4.69, 9.17) is 0 Å². The van der Waals surface area contributed by atoms with Crippen LogP contribution in [-0.2, 0) is 17.5 Å². The zero-order chi connectivity index (χ0) is 14.6. The highest BCUT2D eigenvalue weighted by Crippen LogP contribution is 2.31. The first-order valence-electron chi connectivity index (χ1n) is 5.95. The summed E-state index contributed by atoms with van der Waals surface area (Å²) in [6.45, 7) is 5.31. The third-order valence-electron chi connectivity index (χ3n) is 2.39. The Bertz CT molecular complexity index is 441. The van der Waals surface area contributed by atoms with Crippen LogP contribution in [0, 0.1) is 5.92 Å². The van der Waals surface area contributed by atoms with Gasteiger partial charge in [0.15, 0.2) is 5.69 Å². The summed E-state index contributed by atoms with van der Waals surface area (Å²) in [6.07, 6.45) is -4.18. The average molecular weight is 279 g/mol. The summed E-state index contributed by atoms with van der Waals surface area (Å²) in [5.41, 5.74) is -1.93. The first-order valence-corrected chi connectivity index (χ1v) is 5.95. The van der Waals surface area contributed by atoms with E-state index in [1.54, 1.807) is 0 Å². The molecule has 1 aromatic rings. The van der Waals surface area contributed by atoms with E-state index < -0.39 is 23.5 Å². The number of aromatic nitrogens is 3. The Hall–Kier alpha value is -1.60. The number of carbonyl (C=O) groups excluding carboxylic acids is 1. The molecule has 108 valence electrons. The molecule has 0 spiro atoms. The highest BCUT2D eigenvalue weighted by Gasteiger charge is 2.41. The Morgan fingerprint density at radius 1 is 1.42 bits per heavy atom. The molecule has 0 unspecified atom stereocenters. The van der Waals surface area contributed by atoms with Gasteiger partial charge in [0.1, 0.15) is 0 Å². The monoisotopic (exact) mass is 279 g/mol. The molecule has 8 heteroatoms. The van der Waals surface area contributed by atoms with Crippen molar-refractivity contribution >= 4 is 5.97 Å². The second kappa shape index (κ2) is 6.03. The fraction of sp³-hybridized carbons (Fsp3) is 0.727. The molecule has 1 aromatic heterocycles. The van der Waals surface area contributed by atoms with E-state index in [-0.39, 0.29) is 19.1 Å². The van der Waals surface area contributed by atoms with Gasteiger partial charge in [0.2, 0.25) is 5.69 Å². The lowest BCUT2D eigenvalue weighted by Crippen LogP contribution is -2.20. The molecular formula is C11H16F3N3O2. The summed E-state index contributed by atoms with van der Waals surface area (Å²) in [5.74, 6) is -0.887. The maximum absolute atomic E-state index is 13.0. The lowest BCUT2D eigenvalue weighted by Gasteiger charge is -2.11. The van der Waals surface area contributed by atoms with Crippen LogP contribution in [-0.4, -0.2) is 27.6 Å². The van der Waals surface area contributed by atoms with Crippen LogP contribution in [0.25, 0.3) is 0 Å². The van der Waals surface area contributed by atoms with Crippen LogP contribution in [0.1, 0.15) is 43.4 Å². The first-order chi connectivity index (χ1) is 8.77. The van der Waals surface area contributed by atoms with Crippen molar-refractivity contribution in [1.29, 1.82) is 0 Å². The molecule has 0 aliphatic heterocycles. The van der Waals surface area contributed by atoms with Gasteiger partial charge in [-0.2, -0.15) is 13.2 Å². The van der Waals surface area contributed by atoms with Crippen LogP contribution in [0.4, 0.5) is 13.2 Å². The van der Waals surface area contributed by atoms with E-state index in [9.17, 15) is 18.0 Å². The lowest BCUT2D eigenvalue weighted by atomic mass is 10.1. The zero-order valence-corrected chi connectivity index (χ0v) is 11.0. The van der Waals surface area contributed by atoms with E-state index in [2.05, 4.69) is 15.0 Å². The molecule has 0 aromatic carbocycles. The number of esters is 1. The van der Waals surface area contributed by atoms with Crippen LogP contribution >= 0.6 is 0 Å². The molecular weight excluding hydrogens is 263 g/mol. The Morgan fingerprint density at radius 3 is 2.53 bits per heavy atom. The third-order valence-corrected chi connectivity index (χ3v) is 2.39. The molecule has 0 atom stereocenters. The number of alkyl halides is 3. The first kappa shape index (κ1) is 15.5. The molecule has 19 heavy (non-hydrogen) atoms. The van der Waals surface area contributed by atoms with Gasteiger partial charge in [0.05, 0.1) is 6.61 Å². The molecule has 5 nitrogen and oxygen atoms in total. The zero-order valence-electron chi connectivity index (χ0n) is 11.0. The van der Waals surface area contributed by atoms with Gasteiger partial charge in [-0.25, -0.2) is 9.48 Å². The quantitative estimate of drug-likeness (QED) is 0.777. The molecule has 1 heterocycles. The van der Waals surface area contributed by atoms with Crippen LogP contribution in [0.5, 0.6) is 0 Å². The number of hydrogen-bond donors (Lipinski definition) is 0. The molecule has 0 radical (unpaired) electrons. The van der Waals surface area contributed by atoms with Crippen LogP contribution in [0.15, 0.2) is 0 Å². The van der Waals surface area contributed by atoms with Gasteiger partial charge in [-0.1, -0.05) is 19.1 Å². The predicted octanol–water partition coefficient (Wildman–Crippen LogP) is 2.52. The highest BCUT2D eigenvalue weighted by atomic mass is 19.4. The van der Waals surface area contributed by atoms with Crippen molar-refractivity contribution in [1.82, 2.24) is 15.0 Å². The van der Waals surface area contributed by atoms with Crippen LogP contribution in [0.2, 0.25) is 0 Å². The van der Waals surface area contributed by atoms with E-state index >= 15 is 0 Å². The van der Waals surface area contributed by atoms with Gasteiger partial charge >= 0.3 is 12.1 Å². The summed E-state index contributed by atoms with van der Waals surface area (Å²) in [5, 5.41) is 6.70. The molecule has 0 amide bonds. The van der Waals surface area contributed by atoms with Gasteiger partial charge in [0, 0.05) is 6.54 Å². The fourth-order valence-electron chi connectivity index (χ4n) is 1.47. The number of nitrogens with zero attached hydrogens (tertiary/aromatic N) is 3. The summed E-state index contributed by atoms with van der Waals surface area (Å²) in [7, 11) is 0. The number of hydrogen-bond acceptors (Lipinski definition) is 4. The minimum atomic E-state index is -4.69. The van der Waals surface area contributed by atoms with Crippen molar-refractivity contribution in [2.24, 2.45) is 5.92 Å². The SMILES string of the molecule is CCOC(=O)c1nnn(CCC(C)C)c1C(F)(F)F. The summed E-state index contributed by atoms with van der Waals surface area (Å²) in [4.78, 5) is 11.4. The Labute approximate surface area is 108 Å². The number of halogens is 3. The number of aryl methyl sites for hydroxylation is 1. The minimum Gasteiger partial charge on any atom is -0.461 e. The predicted molar refractivity (Wildman–Crippen MR) is 60.4 cm³/mol. The van der Waals surface area contributed by atoms with Crippen molar-refractivity contribution in [2.45, 2.75) is 39.9 Å². The maximum atomic E-state index is 13.0. The van der Waals surface area contributed by atoms with Gasteiger partial charge in [-0.3, -0.25) is 0 Å². The topological polar surface area (TPSA) is 57.0 Å². The van der Waals surface area contributed by atoms with Crippen LogP contribution in [0.3, 0.4) is 0 Å². The number of carbonyl (C=O) groups is 1. The summed E-state index contributed by atoms with van der Waals surface area (Å²) in [6, 6.07) is 0. The fourth-order valence-corrected chi connectivity index (χ4v) is 1.47. The second-order valence-corrected chi connectivity index (χ2v) is 4.41. The van der Waals surface area contributed by atoms with Gasteiger partial charge in [0.25, 0.3) is 0 Å². The third kappa shape index (κ3) is 3.93. The van der Waals surface area contributed by atoms with Crippen molar-refractivity contribution in [3.63, 3.8) is 0 Å². The van der Waals surface area contributed by atoms with Gasteiger partial charge in [-0.05, 0) is 19.3 Å². The molecule has 0 fully saturated rings. The molecule has 0 N–H and O–H groups in total. The molecule has 1 rings (SSSR count). The van der Waals surface area contributed by atoms with E-state index in [0.29, 0.717) is 11.1 Å². The highest BCUT2D eigenvalue weighted by molar-refractivity contribution is 5.88. The number of ether oxygens (including phenoxy) is 1. The van der Waals surface area contributed by atoms with E-state index in [1.807, 2.05) is 13.8 Å². The van der Waals surface area contributed by atoms with E-state index in [0.717, 1.165) is 0 Å². The van der Waals surface area contributed by atoms with Gasteiger partial charge < -0.3 is 4.74 Å². The molecule has 0 aliphatic rings. The van der Waals surface area contributed by atoms with Crippen molar-refractivity contribution in [3.8, 4) is 0 Å². The molecule has 0 saturated heterocycles. The standard InChI is InChI=1S/C11H16F3N3O2/c1-4-19-10(18)8-9(11(12,13)14)17(16-15-8)6-5-7(2)3/h7H,4-6H2,1-3H3. The summed E-state index contributed by atoms with van der Waals surface area (Å²) < 4.78 is 44.1. The number of rotatable bonds is 5. The molecule has 0 aliphatic carbocycles. The van der Waals surface area contributed by atoms with E-state index in [1.165, 1.54) is 6.92 Å². The molecule has 0 bridgehead atoms. The van der Waals surface area contributed by atoms with Crippen molar-refractivity contribution in [2.75, 3.05) is 6.61 Å². The minimum absolute atomic E-state index is 0.0189. The van der Waals surface area contributed by atoms with Crippen LogP contribution < -0.4 is 0 Å². The second-order valence-electron chi connectivity index (χ2n) is 4.41. The van der Waals surface area contributed by atoms with Crippen molar-refractivity contribution in [3.05, 3.63) is 11.4 Å². The Balaban J connectivity index is 3.09. The molecule has 0 saturated carbocycles. The lowest BCUT2D eigenvalue weighted by molar-refractivity contribution is -0.144. The Morgan fingerprint density at radius 2 is 2.05 bits per heavy atom. The largest absolute Gasteiger partial charge is 0.461 e. The summed E-state index contributed by atoms with van der Waals surface area (Å²) >= 11 is 0. The smallest absolute Gasteiger partial charge is 0.435 e. The normalized spacial score (nSPS) is 11.9. The maximum Gasteiger partial charge on any atom is 0.435 e.